The van der Waals surface area contributed by atoms with E-state index in [1.54, 1.807) is 6.33 Å². The first-order chi connectivity index (χ1) is 12.1. The number of hydrogen-bond acceptors (Lipinski definition) is 4. The summed E-state index contributed by atoms with van der Waals surface area (Å²) in [6, 6.07) is 8.45. The Labute approximate surface area is 165 Å². The molecule has 1 aliphatic rings. The van der Waals surface area contributed by atoms with Crippen LogP contribution in [0.4, 0.5) is 0 Å². The molecule has 0 N–H and O–H groups in total. The number of halogens is 2. The minimum atomic E-state index is 0.450. The van der Waals surface area contributed by atoms with Gasteiger partial charge in [0.15, 0.2) is 0 Å². The second-order valence-corrected chi connectivity index (χ2v) is 8.19. The fourth-order valence-electron chi connectivity index (χ4n) is 3.59. The van der Waals surface area contributed by atoms with E-state index in [1.807, 2.05) is 17.5 Å². The van der Waals surface area contributed by atoms with Gasteiger partial charge in [-0.25, -0.2) is 9.50 Å². The Bertz CT molecular complexity index is 910. The average Bonchev–Trinajstić information content (AvgIpc) is 3.06. The molecule has 130 valence electrons. The van der Waals surface area contributed by atoms with Crippen molar-refractivity contribution in [1.29, 1.82) is 0 Å². The van der Waals surface area contributed by atoms with E-state index in [-0.39, 0.29) is 0 Å². The minimum absolute atomic E-state index is 0.450. The quantitative estimate of drug-likeness (QED) is 0.545. The topological polar surface area (TPSA) is 46.3 Å². The number of nitrogens with zero attached hydrogens (tertiary/aromatic N) is 5. The molecule has 0 bridgehead atoms. The van der Waals surface area contributed by atoms with E-state index in [0.717, 1.165) is 33.9 Å². The van der Waals surface area contributed by atoms with E-state index in [9.17, 15) is 0 Å². The zero-order chi connectivity index (χ0) is 17.4. The zero-order valence-corrected chi connectivity index (χ0v) is 16.9. The molecule has 3 heterocycles. The van der Waals surface area contributed by atoms with Gasteiger partial charge in [-0.1, -0.05) is 17.7 Å². The van der Waals surface area contributed by atoms with Crippen molar-refractivity contribution in [1.82, 2.24) is 24.5 Å². The highest BCUT2D eigenvalue weighted by molar-refractivity contribution is 14.1. The van der Waals surface area contributed by atoms with Crippen molar-refractivity contribution in [3.63, 3.8) is 0 Å². The fourth-order valence-corrected chi connectivity index (χ4v) is 4.28. The predicted octanol–water partition coefficient (Wildman–Crippen LogP) is 4.07. The molecule has 1 aliphatic heterocycles. The third-order valence-corrected chi connectivity index (χ3v) is 6.26. The molecular weight excluding hydrogens is 449 g/mol. The highest BCUT2D eigenvalue weighted by atomic mass is 127. The van der Waals surface area contributed by atoms with Gasteiger partial charge in [0.05, 0.1) is 10.7 Å². The van der Waals surface area contributed by atoms with Crippen molar-refractivity contribution in [2.24, 2.45) is 0 Å². The van der Waals surface area contributed by atoms with Crippen LogP contribution in [-0.4, -0.2) is 37.6 Å². The number of aromatic nitrogens is 4. The van der Waals surface area contributed by atoms with Gasteiger partial charge in [0.2, 0.25) is 0 Å². The van der Waals surface area contributed by atoms with E-state index >= 15 is 0 Å². The molecule has 1 aromatic carbocycles. The average molecular weight is 468 g/mol. The molecule has 5 nitrogen and oxygen atoms in total. The standard InChI is InChI=1S/C18H19ClIN5/c1-12-7-17(25-18(23-12)21-11-22-25)14-3-2-6-24(10-14)9-13-4-5-15(19)16(20)8-13/h4-5,7-8,11,14H,2-3,6,9-10H2,1H3/t14-/m1/s1. The van der Waals surface area contributed by atoms with Crippen LogP contribution in [0, 0.1) is 10.5 Å². The molecule has 1 atom stereocenters. The van der Waals surface area contributed by atoms with Crippen molar-refractivity contribution in [3.05, 3.63) is 56.1 Å². The third kappa shape index (κ3) is 3.66. The van der Waals surface area contributed by atoms with Crippen LogP contribution in [-0.2, 0) is 6.54 Å². The highest BCUT2D eigenvalue weighted by Gasteiger charge is 2.24. The fraction of sp³-hybridized carbons (Fsp3) is 0.389. The first kappa shape index (κ1) is 17.2. The Kier molecular flexibility index (Phi) is 4.92. The Balaban J connectivity index is 1.56. The van der Waals surface area contributed by atoms with Crippen LogP contribution >= 0.6 is 34.2 Å². The van der Waals surface area contributed by atoms with E-state index in [0.29, 0.717) is 11.7 Å². The predicted molar refractivity (Wildman–Crippen MR) is 107 cm³/mol. The number of benzene rings is 1. The number of aryl methyl sites for hydroxylation is 1. The molecule has 3 aromatic rings. The van der Waals surface area contributed by atoms with Gasteiger partial charge >= 0.3 is 0 Å². The lowest BCUT2D eigenvalue weighted by Gasteiger charge is -2.33. The summed E-state index contributed by atoms with van der Waals surface area (Å²) in [6.07, 6.45) is 3.95. The first-order valence-electron chi connectivity index (χ1n) is 8.44. The van der Waals surface area contributed by atoms with Gasteiger partial charge in [-0.05, 0) is 72.7 Å². The second-order valence-electron chi connectivity index (χ2n) is 6.62. The van der Waals surface area contributed by atoms with E-state index in [1.165, 1.54) is 24.1 Å². The Hall–Kier alpha value is -1.25. The number of hydrogen-bond donors (Lipinski definition) is 0. The van der Waals surface area contributed by atoms with Gasteiger partial charge in [0.1, 0.15) is 6.33 Å². The zero-order valence-electron chi connectivity index (χ0n) is 14.0. The molecule has 0 saturated carbocycles. The van der Waals surface area contributed by atoms with Gasteiger partial charge in [0.25, 0.3) is 5.78 Å². The normalized spacial score (nSPS) is 18.8. The molecule has 4 rings (SSSR count). The third-order valence-electron chi connectivity index (χ3n) is 4.72. The summed E-state index contributed by atoms with van der Waals surface area (Å²) >= 11 is 8.44. The van der Waals surface area contributed by atoms with Crippen LogP contribution in [0.2, 0.25) is 5.02 Å². The molecule has 2 aromatic heterocycles. The summed E-state index contributed by atoms with van der Waals surface area (Å²) in [5.74, 6) is 1.14. The second kappa shape index (κ2) is 7.17. The summed E-state index contributed by atoms with van der Waals surface area (Å²) in [6.45, 7) is 5.13. The molecule has 7 heteroatoms. The number of likely N-dealkylation sites (tertiary alicyclic amines) is 1. The molecule has 0 unspecified atom stereocenters. The van der Waals surface area contributed by atoms with Crippen LogP contribution in [0.5, 0.6) is 0 Å². The van der Waals surface area contributed by atoms with Crippen LogP contribution in [0.15, 0.2) is 30.6 Å². The van der Waals surface area contributed by atoms with Gasteiger partial charge in [-0.2, -0.15) is 10.1 Å². The first-order valence-corrected chi connectivity index (χ1v) is 9.89. The van der Waals surface area contributed by atoms with Crippen molar-refractivity contribution in [2.75, 3.05) is 13.1 Å². The number of rotatable bonds is 3. The lowest BCUT2D eigenvalue weighted by atomic mass is 9.93. The summed E-state index contributed by atoms with van der Waals surface area (Å²) in [7, 11) is 0. The monoisotopic (exact) mass is 467 g/mol. The maximum Gasteiger partial charge on any atom is 0.252 e. The van der Waals surface area contributed by atoms with Gasteiger partial charge in [-0.3, -0.25) is 4.90 Å². The van der Waals surface area contributed by atoms with Crippen LogP contribution in [0.25, 0.3) is 5.78 Å². The molecular formula is C18H19ClIN5. The van der Waals surface area contributed by atoms with Gasteiger partial charge in [0, 0.05) is 28.3 Å². The summed E-state index contributed by atoms with van der Waals surface area (Å²) in [4.78, 5) is 11.2. The largest absolute Gasteiger partial charge is 0.298 e. The minimum Gasteiger partial charge on any atom is -0.298 e. The van der Waals surface area contributed by atoms with Crippen molar-refractivity contribution >= 4 is 40.0 Å². The molecule has 1 saturated heterocycles. The lowest BCUT2D eigenvalue weighted by molar-refractivity contribution is 0.197. The molecule has 0 aliphatic carbocycles. The highest BCUT2D eigenvalue weighted by Crippen LogP contribution is 2.28. The van der Waals surface area contributed by atoms with Crippen LogP contribution < -0.4 is 0 Å². The van der Waals surface area contributed by atoms with Crippen molar-refractivity contribution in [2.45, 2.75) is 32.2 Å². The SMILES string of the molecule is Cc1cc([C@@H]2CCCN(Cc3ccc(Cl)c(I)c3)C2)n2ncnc2n1. The maximum absolute atomic E-state index is 6.14. The summed E-state index contributed by atoms with van der Waals surface area (Å²) < 4.78 is 3.01. The van der Waals surface area contributed by atoms with Crippen molar-refractivity contribution < 1.29 is 0 Å². The summed E-state index contributed by atoms with van der Waals surface area (Å²) in [5.41, 5.74) is 3.53. The molecule has 0 spiro atoms. The van der Waals surface area contributed by atoms with Crippen LogP contribution in [0.3, 0.4) is 0 Å². The van der Waals surface area contributed by atoms with Gasteiger partial charge < -0.3 is 0 Å². The van der Waals surface area contributed by atoms with E-state index in [2.05, 4.69) is 60.8 Å². The molecule has 25 heavy (non-hydrogen) atoms. The van der Waals surface area contributed by atoms with E-state index < -0.39 is 0 Å². The number of piperidine rings is 1. The smallest absolute Gasteiger partial charge is 0.252 e. The number of fused-ring (bicyclic) bond motifs is 1. The molecule has 0 amide bonds. The maximum atomic E-state index is 6.14. The van der Waals surface area contributed by atoms with Gasteiger partial charge in [-0.15, -0.1) is 0 Å². The Morgan fingerprint density at radius 2 is 2.20 bits per heavy atom. The Morgan fingerprint density at radius 3 is 3.04 bits per heavy atom. The van der Waals surface area contributed by atoms with Crippen LogP contribution in [0.1, 0.15) is 35.7 Å². The molecule has 1 fully saturated rings. The van der Waals surface area contributed by atoms with Crippen molar-refractivity contribution in [3.8, 4) is 0 Å². The molecule has 0 radical (unpaired) electrons. The summed E-state index contributed by atoms with van der Waals surface area (Å²) in [5, 5.41) is 5.20. The van der Waals surface area contributed by atoms with E-state index in [4.69, 9.17) is 11.6 Å². The lowest BCUT2D eigenvalue weighted by Crippen LogP contribution is -2.34. The Morgan fingerprint density at radius 1 is 1.32 bits per heavy atom.